The lowest BCUT2D eigenvalue weighted by Gasteiger charge is -2.15. The minimum Gasteiger partial charge on any atom is -0.480 e. The van der Waals surface area contributed by atoms with E-state index in [1.54, 1.807) is 23.9 Å². The average Bonchev–Trinajstić information content (AvgIpc) is 2.95. The van der Waals surface area contributed by atoms with Crippen LogP contribution in [-0.4, -0.2) is 28.7 Å². The Kier molecular flexibility index (Phi) is 5.14. The van der Waals surface area contributed by atoms with Crippen LogP contribution in [0.1, 0.15) is 32.5 Å². The number of halogens is 1. The number of hydrogen-bond donors (Lipinski definition) is 0. The van der Waals surface area contributed by atoms with E-state index in [1.807, 2.05) is 13.8 Å². The van der Waals surface area contributed by atoms with Crippen molar-refractivity contribution in [3.63, 3.8) is 0 Å². The zero-order chi connectivity index (χ0) is 16.1. The van der Waals surface area contributed by atoms with E-state index >= 15 is 0 Å². The van der Waals surface area contributed by atoms with E-state index in [9.17, 15) is 9.18 Å². The normalized spacial score (nSPS) is 10.8. The van der Waals surface area contributed by atoms with E-state index in [0.29, 0.717) is 11.4 Å². The number of esters is 1. The molecule has 1 aromatic carbocycles. The molecule has 0 amide bonds. The van der Waals surface area contributed by atoms with Crippen molar-refractivity contribution in [1.29, 1.82) is 0 Å². The average molecular weight is 306 g/mol. The van der Waals surface area contributed by atoms with E-state index in [1.165, 1.54) is 18.2 Å². The Labute approximate surface area is 128 Å². The van der Waals surface area contributed by atoms with Gasteiger partial charge in [0.1, 0.15) is 17.4 Å². The molecule has 22 heavy (non-hydrogen) atoms. The number of benzene rings is 1. The maximum Gasteiger partial charge on any atom is 0.344 e. The summed E-state index contributed by atoms with van der Waals surface area (Å²) < 4.78 is 25.7. The van der Waals surface area contributed by atoms with Crippen LogP contribution in [0.15, 0.2) is 30.6 Å². The highest BCUT2D eigenvalue weighted by Gasteiger charge is 2.15. The number of hydrogen-bond acceptors (Lipinski definition) is 4. The Morgan fingerprint density at radius 2 is 2.18 bits per heavy atom. The third kappa shape index (κ3) is 3.63. The Morgan fingerprint density at radius 1 is 1.41 bits per heavy atom. The Hall–Kier alpha value is -2.37. The molecule has 118 valence electrons. The molecule has 2 aromatic rings. The number of carbonyl (C=O) groups excluding carboxylic acids is 1. The monoisotopic (exact) mass is 306 g/mol. The predicted octanol–water partition coefficient (Wildman–Crippen LogP) is 3.08. The zero-order valence-corrected chi connectivity index (χ0v) is 12.9. The molecule has 0 saturated heterocycles. The molecular weight excluding hydrogens is 287 g/mol. The van der Waals surface area contributed by atoms with Crippen molar-refractivity contribution in [3.8, 4) is 11.4 Å². The lowest BCUT2D eigenvalue weighted by atomic mass is 10.2. The number of ether oxygens (including phenoxy) is 2. The van der Waals surface area contributed by atoms with Crippen LogP contribution in [0.25, 0.3) is 5.69 Å². The number of imidazole rings is 1. The molecule has 0 aliphatic heterocycles. The van der Waals surface area contributed by atoms with Gasteiger partial charge in [0, 0.05) is 24.4 Å². The Balaban J connectivity index is 2.32. The second-order valence-electron chi connectivity index (χ2n) is 5.02. The summed E-state index contributed by atoms with van der Waals surface area (Å²) in [5, 5.41) is 0. The largest absolute Gasteiger partial charge is 0.480 e. The topological polar surface area (TPSA) is 53.4 Å². The van der Waals surface area contributed by atoms with Gasteiger partial charge in [-0.2, -0.15) is 0 Å². The van der Waals surface area contributed by atoms with Gasteiger partial charge in [0.15, 0.2) is 6.61 Å². The minimum absolute atomic E-state index is 0.163. The summed E-state index contributed by atoms with van der Waals surface area (Å²) in [4.78, 5) is 15.7. The molecule has 1 heterocycles. The Bertz CT molecular complexity index is 653. The molecule has 2 rings (SSSR count). The summed E-state index contributed by atoms with van der Waals surface area (Å²) in [6.45, 7) is 5.78. The summed E-state index contributed by atoms with van der Waals surface area (Å²) in [5.74, 6) is 0.492. The summed E-state index contributed by atoms with van der Waals surface area (Å²) >= 11 is 0. The number of nitrogens with zero attached hydrogens (tertiary/aromatic N) is 2. The summed E-state index contributed by atoms with van der Waals surface area (Å²) in [7, 11) is 0. The van der Waals surface area contributed by atoms with Crippen LogP contribution in [0.2, 0.25) is 0 Å². The van der Waals surface area contributed by atoms with Gasteiger partial charge in [0.25, 0.3) is 0 Å². The van der Waals surface area contributed by atoms with Crippen molar-refractivity contribution >= 4 is 5.97 Å². The van der Waals surface area contributed by atoms with E-state index in [-0.39, 0.29) is 24.9 Å². The van der Waals surface area contributed by atoms with Crippen LogP contribution in [0.4, 0.5) is 4.39 Å². The first-order valence-electron chi connectivity index (χ1n) is 7.14. The van der Waals surface area contributed by atoms with Crippen molar-refractivity contribution in [2.45, 2.75) is 26.7 Å². The maximum atomic E-state index is 13.6. The van der Waals surface area contributed by atoms with Gasteiger partial charge in [-0.3, -0.25) is 4.57 Å². The molecule has 5 nitrogen and oxygen atoms in total. The van der Waals surface area contributed by atoms with Crippen LogP contribution in [-0.2, 0) is 9.53 Å². The van der Waals surface area contributed by atoms with Gasteiger partial charge in [-0.15, -0.1) is 0 Å². The molecule has 0 atom stereocenters. The predicted molar refractivity (Wildman–Crippen MR) is 79.7 cm³/mol. The van der Waals surface area contributed by atoms with Gasteiger partial charge < -0.3 is 9.47 Å². The van der Waals surface area contributed by atoms with Gasteiger partial charge in [-0.1, -0.05) is 13.8 Å². The fourth-order valence-electron chi connectivity index (χ4n) is 2.09. The van der Waals surface area contributed by atoms with E-state index in [0.717, 1.165) is 5.82 Å². The van der Waals surface area contributed by atoms with Gasteiger partial charge in [0.05, 0.1) is 12.3 Å². The van der Waals surface area contributed by atoms with Crippen LogP contribution in [0, 0.1) is 5.82 Å². The lowest BCUT2D eigenvalue weighted by molar-refractivity contribution is -0.145. The quantitative estimate of drug-likeness (QED) is 0.770. The molecule has 0 fully saturated rings. The highest BCUT2D eigenvalue weighted by atomic mass is 19.1. The van der Waals surface area contributed by atoms with Crippen molar-refractivity contribution < 1.29 is 18.7 Å². The zero-order valence-electron chi connectivity index (χ0n) is 12.9. The lowest BCUT2D eigenvalue weighted by Crippen LogP contribution is -2.15. The maximum absolute atomic E-state index is 13.6. The third-order valence-electron chi connectivity index (χ3n) is 3.02. The summed E-state index contributed by atoms with van der Waals surface area (Å²) in [5.41, 5.74) is 0.505. The van der Waals surface area contributed by atoms with Crippen LogP contribution < -0.4 is 4.74 Å². The highest BCUT2D eigenvalue weighted by Crippen LogP contribution is 2.27. The standard InChI is InChI=1S/C16H19FN2O3/c1-4-21-15(20)10-22-14-6-5-12(17)9-13(14)19-8-7-18-16(19)11(2)3/h5-9,11H,4,10H2,1-3H3. The van der Waals surface area contributed by atoms with Crippen molar-refractivity contribution in [1.82, 2.24) is 9.55 Å². The first kappa shape index (κ1) is 16.0. The number of carbonyl (C=O) groups is 1. The summed E-state index contributed by atoms with van der Waals surface area (Å²) in [6, 6.07) is 4.14. The van der Waals surface area contributed by atoms with Gasteiger partial charge in [0.2, 0.25) is 0 Å². The van der Waals surface area contributed by atoms with E-state index in [2.05, 4.69) is 4.98 Å². The highest BCUT2D eigenvalue weighted by molar-refractivity contribution is 5.71. The van der Waals surface area contributed by atoms with Crippen LogP contribution in [0.5, 0.6) is 5.75 Å². The molecule has 0 spiro atoms. The molecule has 1 aromatic heterocycles. The molecule has 0 aliphatic carbocycles. The SMILES string of the molecule is CCOC(=O)COc1ccc(F)cc1-n1ccnc1C(C)C. The number of rotatable bonds is 6. The van der Waals surface area contributed by atoms with E-state index in [4.69, 9.17) is 9.47 Å². The molecule has 0 radical (unpaired) electrons. The molecule has 0 unspecified atom stereocenters. The third-order valence-corrected chi connectivity index (χ3v) is 3.02. The van der Waals surface area contributed by atoms with Crippen LogP contribution in [0.3, 0.4) is 0 Å². The van der Waals surface area contributed by atoms with Crippen molar-refractivity contribution in [2.24, 2.45) is 0 Å². The first-order valence-corrected chi connectivity index (χ1v) is 7.14. The molecule has 0 bridgehead atoms. The molecular formula is C16H19FN2O3. The van der Waals surface area contributed by atoms with Crippen molar-refractivity contribution in [2.75, 3.05) is 13.2 Å². The van der Waals surface area contributed by atoms with E-state index < -0.39 is 5.97 Å². The van der Waals surface area contributed by atoms with Gasteiger partial charge >= 0.3 is 5.97 Å². The second kappa shape index (κ2) is 7.06. The summed E-state index contributed by atoms with van der Waals surface area (Å²) in [6.07, 6.45) is 3.39. The first-order chi connectivity index (χ1) is 10.5. The fraction of sp³-hybridized carbons (Fsp3) is 0.375. The molecule has 0 aliphatic rings. The molecule has 6 heteroatoms. The number of aromatic nitrogens is 2. The Morgan fingerprint density at radius 3 is 2.86 bits per heavy atom. The smallest absolute Gasteiger partial charge is 0.344 e. The molecule has 0 N–H and O–H groups in total. The van der Waals surface area contributed by atoms with Crippen LogP contribution >= 0.6 is 0 Å². The van der Waals surface area contributed by atoms with Crippen molar-refractivity contribution in [3.05, 3.63) is 42.2 Å². The molecule has 0 saturated carbocycles. The van der Waals surface area contributed by atoms with Gasteiger partial charge in [-0.05, 0) is 19.1 Å². The minimum atomic E-state index is -0.465. The fourth-order valence-corrected chi connectivity index (χ4v) is 2.09. The van der Waals surface area contributed by atoms with Gasteiger partial charge in [-0.25, -0.2) is 14.2 Å². The second-order valence-corrected chi connectivity index (χ2v) is 5.02.